The molecule has 1 heterocycles. The number of unbranched alkanes of at least 4 members (excludes halogenated alkanes) is 1. The van der Waals surface area contributed by atoms with Gasteiger partial charge in [-0.1, -0.05) is 48.3 Å². The number of hydrogen-bond acceptors (Lipinski definition) is 7. The fourth-order valence-electron chi connectivity index (χ4n) is 3.23. The predicted octanol–water partition coefficient (Wildman–Crippen LogP) is 5.64. The summed E-state index contributed by atoms with van der Waals surface area (Å²) in [7, 11) is 0. The highest BCUT2D eigenvalue weighted by atomic mass is 35.5. The van der Waals surface area contributed by atoms with Gasteiger partial charge in [-0.2, -0.15) is 0 Å². The standard InChI is InChI=1S/C24H25Cl2N3O5S/c1-3-5-10-29-20(30)13-19(35-24(29)28-16-11-17(25)21(31)18(26)12-16)22(32)27-15-8-6-14(7-9-15)23(33)34-4-2/h6-9,11-12,19,31H,3-5,10,13H2,1-2H3,(H,27,32). The van der Waals surface area contributed by atoms with Crippen molar-refractivity contribution >= 4 is 69.3 Å². The molecule has 1 unspecified atom stereocenters. The summed E-state index contributed by atoms with van der Waals surface area (Å²) in [6.07, 6.45) is 1.66. The Labute approximate surface area is 217 Å². The highest BCUT2D eigenvalue weighted by Gasteiger charge is 2.35. The maximum atomic E-state index is 13.0. The number of amidine groups is 1. The van der Waals surface area contributed by atoms with Crippen LogP contribution >= 0.6 is 35.0 Å². The molecule has 35 heavy (non-hydrogen) atoms. The van der Waals surface area contributed by atoms with E-state index in [0.29, 0.717) is 28.7 Å². The number of esters is 1. The van der Waals surface area contributed by atoms with Gasteiger partial charge >= 0.3 is 5.97 Å². The molecule has 2 amide bonds. The van der Waals surface area contributed by atoms with E-state index in [1.165, 1.54) is 23.9 Å². The molecule has 1 aliphatic rings. The third-order valence-corrected chi connectivity index (χ3v) is 6.82. The van der Waals surface area contributed by atoms with Crippen molar-refractivity contribution in [3.8, 4) is 5.75 Å². The van der Waals surface area contributed by atoms with Gasteiger partial charge in [0.25, 0.3) is 0 Å². The number of amides is 2. The third kappa shape index (κ3) is 6.90. The van der Waals surface area contributed by atoms with Crippen LogP contribution < -0.4 is 5.32 Å². The van der Waals surface area contributed by atoms with Gasteiger partial charge in [-0.05, 0) is 49.7 Å². The van der Waals surface area contributed by atoms with Crippen molar-refractivity contribution in [1.29, 1.82) is 0 Å². The Balaban J connectivity index is 1.80. The normalized spacial score (nSPS) is 16.9. The summed E-state index contributed by atoms with van der Waals surface area (Å²) in [6.45, 7) is 4.47. The van der Waals surface area contributed by atoms with Gasteiger partial charge in [0.2, 0.25) is 11.8 Å². The van der Waals surface area contributed by atoms with Gasteiger partial charge in [-0.15, -0.1) is 0 Å². The number of carbonyl (C=O) groups excluding carboxylic acids is 3. The Morgan fingerprint density at radius 1 is 1.20 bits per heavy atom. The third-order valence-electron chi connectivity index (χ3n) is 5.06. The van der Waals surface area contributed by atoms with E-state index in [1.54, 1.807) is 36.1 Å². The van der Waals surface area contributed by atoms with Crippen molar-refractivity contribution in [2.24, 2.45) is 4.99 Å². The van der Waals surface area contributed by atoms with Gasteiger partial charge in [-0.3, -0.25) is 14.5 Å². The maximum Gasteiger partial charge on any atom is 0.338 e. The van der Waals surface area contributed by atoms with Gasteiger partial charge in [0.15, 0.2) is 10.9 Å². The van der Waals surface area contributed by atoms with Crippen molar-refractivity contribution in [3.05, 3.63) is 52.0 Å². The van der Waals surface area contributed by atoms with E-state index in [4.69, 9.17) is 27.9 Å². The molecule has 0 aromatic heterocycles. The van der Waals surface area contributed by atoms with E-state index in [9.17, 15) is 19.5 Å². The van der Waals surface area contributed by atoms with Crippen LogP contribution in [0.4, 0.5) is 11.4 Å². The molecule has 1 saturated heterocycles. The molecule has 3 rings (SSSR count). The van der Waals surface area contributed by atoms with Gasteiger partial charge in [0.1, 0.15) is 5.25 Å². The lowest BCUT2D eigenvalue weighted by Gasteiger charge is -2.31. The maximum absolute atomic E-state index is 13.0. The number of aliphatic imine (C=N–C) groups is 1. The summed E-state index contributed by atoms with van der Waals surface area (Å²) >= 11 is 13.2. The Morgan fingerprint density at radius 2 is 1.86 bits per heavy atom. The Bertz CT molecular complexity index is 1120. The summed E-state index contributed by atoms with van der Waals surface area (Å²) in [6, 6.07) is 9.20. The summed E-state index contributed by atoms with van der Waals surface area (Å²) in [5.74, 6) is -1.28. The molecule has 1 fully saturated rings. The molecule has 2 N–H and O–H groups in total. The summed E-state index contributed by atoms with van der Waals surface area (Å²) in [5.41, 5.74) is 1.21. The number of benzene rings is 2. The number of halogens is 2. The molecule has 0 bridgehead atoms. The Hall–Kier alpha value is -2.75. The van der Waals surface area contributed by atoms with Crippen molar-refractivity contribution < 1.29 is 24.2 Å². The fraction of sp³-hybridized carbons (Fsp3) is 0.333. The van der Waals surface area contributed by atoms with Crippen LogP contribution in [0.3, 0.4) is 0 Å². The molecule has 0 aliphatic carbocycles. The average molecular weight is 538 g/mol. The zero-order chi connectivity index (χ0) is 25.5. The molecule has 11 heteroatoms. The number of carbonyl (C=O) groups is 3. The number of nitrogens with zero attached hydrogens (tertiary/aromatic N) is 2. The molecular formula is C24H25Cl2N3O5S. The molecule has 0 radical (unpaired) electrons. The van der Waals surface area contributed by atoms with Gasteiger partial charge in [0.05, 0.1) is 27.9 Å². The molecule has 2 aromatic carbocycles. The summed E-state index contributed by atoms with van der Waals surface area (Å²) < 4.78 is 4.96. The van der Waals surface area contributed by atoms with Crippen LogP contribution in [0.2, 0.25) is 10.0 Å². The number of aromatic hydroxyl groups is 1. The van der Waals surface area contributed by atoms with Gasteiger partial charge < -0.3 is 15.2 Å². The Morgan fingerprint density at radius 3 is 2.46 bits per heavy atom. The van der Waals surface area contributed by atoms with Crippen LogP contribution in [0.15, 0.2) is 41.4 Å². The lowest BCUT2D eigenvalue weighted by molar-refractivity contribution is -0.129. The minimum absolute atomic E-state index is 0.0111. The van der Waals surface area contributed by atoms with Gasteiger partial charge in [0, 0.05) is 18.7 Å². The number of nitrogens with one attached hydrogen (secondary N) is 1. The highest BCUT2D eigenvalue weighted by molar-refractivity contribution is 8.15. The van der Waals surface area contributed by atoms with E-state index in [-0.39, 0.29) is 40.6 Å². The van der Waals surface area contributed by atoms with E-state index < -0.39 is 11.2 Å². The van der Waals surface area contributed by atoms with Gasteiger partial charge in [-0.25, -0.2) is 9.79 Å². The lowest BCUT2D eigenvalue weighted by atomic mass is 10.2. The second-order valence-electron chi connectivity index (χ2n) is 7.65. The molecule has 186 valence electrons. The monoisotopic (exact) mass is 537 g/mol. The predicted molar refractivity (Wildman–Crippen MR) is 139 cm³/mol. The summed E-state index contributed by atoms with van der Waals surface area (Å²) in [5, 5.41) is 12.3. The minimum Gasteiger partial charge on any atom is -0.505 e. The first-order valence-corrected chi connectivity index (χ1v) is 12.7. The van der Waals surface area contributed by atoms with Crippen LogP contribution in [0.5, 0.6) is 5.75 Å². The molecule has 2 aromatic rings. The number of rotatable bonds is 8. The largest absolute Gasteiger partial charge is 0.505 e. The van der Waals surface area contributed by atoms with Crippen LogP contribution in [0.25, 0.3) is 0 Å². The first kappa shape index (κ1) is 26.8. The first-order valence-electron chi connectivity index (χ1n) is 11.0. The number of anilines is 1. The number of phenols is 1. The van der Waals surface area contributed by atoms with E-state index in [1.807, 2.05) is 6.92 Å². The topological polar surface area (TPSA) is 108 Å². The quantitative estimate of drug-likeness (QED) is 0.422. The SMILES string of the molecule is CCCCN1C(=O)CC(C(=O)Nc2ccc(C(=O)OCC)cc2)SC1=Nc1cc(Cl)c(O)c(Cl)c1. The van der Waals surface area contributed by atoms with Crippen molar-refractivity contribution in [1.82, 2.24) is 4.90 Å². The second kappa shape index (κ2) is 12.3. The van der Waals surface area contributed by atoms with Crippen molar-refractivity contribution in [2.75, 3.05) is 18.5 Å². The molecule has 1 atom stereocenters. The molecule has 8 nitrogen and oxygen atoms in total. The first-order chi connectivity index (χ1) is 16.7. The second-order valence-corrected chi connectivity index (χ2v) is 9.63. The molecule has 1 aliphatic heterocycles. The van der Waals surface area contributed by atoms with Crippen LogP contribution in [-0.4, -0.2) is 51.4 Å². The average Bonchev–Trinajstić information content (AvgIpc) is 2.82. The molecular weight excluding hydrogens is 513 g/mol. The number of thioether (sulfide) groups is 1. The zero-order valence-corrected chi connectivity index (χ0v) is 21.5. The minimum atomic E-state index is -0.716. The Kier molecular flexibility index (Phi) is 9.42. The van der Waals surface area contributed by atoms with E-state index in [0.717, 1.165) is 12.8 Å². The zero-order valence-electron chi connectivity index (χ0n) is 19.2. The van der Waals surface area contributed by atoms with Crippen molar-refractivity contribution in [3.63, 3.8) is 0 Å². The number of ether oxygens (including phenoxy) is 1. The fourth-order valence-corrected chi connectivity index (χ4v) is 4.83. The molecule has 0 saturated carbocycles. The molecule has 0 spiro atoms. The van der Waals surface area contributed by atoms with E-state index >= 15 is 0 Å². The number of hydrogen-bond donors (Lipinski definition) is 2. The van der Waals surface area contributed by atoms with Crippen LogP contribution in [-0.2, 0) is 14.3 Å². The van der Waals surface area contributed by atoms with Crippen LogP contribution in [0, 0.1) is 0 Å². The van der Waals surface area contributed by atoms with E-state index in [2.05, 4.69) is 10.3 Å². The highest BCUT2D eigenvalue weighted by Crippen LogP contribution is 2.37. The van der Waals surface area contributed by atoms with Crippen LogP contribution in [0.1, 0.15) is 43.5 Å². The lowest BCUT2D eigenvalue weighted by Crippen LogP contribution is -2.45. The smallest absolute Gasteiger partial charge is 0.338 e. The number of phenolic OH excluding ortho intramolecular Hbond substituents is 1. The van der Waals surface area contributed by atoms with Crippen molar-refractivity contribution in [2.45, 2.75) is 38.4 Å². The summed E-state index contributed by atoms with van der Waals surface area (Å²) in [4.78, 5) is 43.8.